The Kier molecular flexibility index (Phi) is 3.62. The molecule has 0 aromatic carbocycles. The molecule has 3 rings (SSSR count). The van der Waals surface area contributed by atoms with Gasteiger partial charge in [0.25, 0.3) is 0 Å². The zero-order valence-electron chi connectivity index (χ0n) is 13.0. The Balaban J connectivity index is 1.87. The zero-order valence-corrected chi connectivity index (χ0v) is 13.0. The molecule has 1 saturated carbocycles. The van der Waals surface area contributed by atoms with Crippen molar-refractivity contribution in [3.63, 3.8) is 0 Å². The van der Waals surface area contributed by atoms with E-state index in [1.807, 2.05) is 25.3 Å². The molecule has 0 aliphatic heterocycles. The van der Waals surface area contributed by atoms with E-state index in [0.717, 1.165) is 35.0 Å². The molecule has 4 heteroatoms. The first kappa shape index (κ1) is 14.0. The Bertz CT molecular complexity index is 633. The molecule has 0 saturated heterocycles. The average Bonchev–Trinajstić information content (AvgIpc) is 3.30. The van der Waals surface area contributed by atoms with E-state index in [1.54, 1.807) is 6.20 Å². The fraction of sp³-hybridized carbons (Fsp3) is 0.471. The molecule has 1 fully saturated rings. The van der Waals surface area contributed by atoms with Crippen LogP contribution in [-0.4, -0.2) is 21.5 Å². The van der Waals surface area contributed by atoms with Gasteiger partial charge < -0.3 is 5.32 Å². The first-order valence-electron chi connectivity index (χ1n) is 7.63. The predicted molar refractivity (Wildman–Crippen MR) is 85.2 cm³/mol. The van der Waals surface area contributed by atoms with Crippen LogP contribution in [0.5, 0.6) is 0 Å². The smallest absolute Gasteiger partial charge is 0.163 e. The van der Waals surface area contributed by atoms with Crippen molar-refractivity contribution in [3.8, 4) is 11.4 Å². The van der Waals surface area contributed by atoms with Crippen molar-refractivity contribution >= 4 is 5.82 Å². The summed E-state index contributed by atoms with van der Waals surface area (Å²) in [7, 11) is 0. The van der Waals surface area contributed by atoms with E-state index in [0.29, 0.717) is 5.41 Å². The summed E-state index contributed by atoms with van der Waals surface area (Å²) in [5, 5.41) is 3.55. The number of anilines is 1. The highest BCUT2D eigenvalue weighted by molar-refractivity contribution is 5.58. The molecule has 0 radical (unpaired) electrons. The van der Waals surface area contributed by atoms with Gasteiger partial charge in [-0.05, 0) is 50.7 Å². The minimum absolute atomic E-state index is 0.500. The Morgan fingerprint density at radius 1 is 1.24 bits per heavy atom. The second kappa shape index (κ2) is 5.43. The van der Waals surface area contributed by atoms with E-state index >= 15 is 0 Å². The average molecular weight is 282 g/mol. The summed E-state index contributed by atoms with van der Waals surface area (Å²) in [5.41, 5.74) is 3.61. The lowest BCUT2D eigenvalue weighted by Gasteiger charge is -2.17. The maximum Gasteiger partial charge on any atom is 0.163 e. The Labute approximate surface area is 126 Å². The van der Waals surface area contributed by atoms with Gasteiger partial charge in [-0.25, -0.2) is 9.97 Å². The topological polar surface area (TPSA) is 50.7 Å². The SMILES string of the molecule is CCC1(CNc2nc(-c3cccnc3)nc(C)c2C)CC1. The van der Waals surface area contributed by atoms with Crippen LogP contribution in [0.3, 0.4) is 0 Å². The number of nitrogens with zero attached hydrogens (tertiary/aromatic N) is 3. The van der Waals surface area contributed by atoms with E-state index in [2.05, 4.69) is 29.1 Å². The van der Waals surface area contributed by atoms with Gasteiger partial charge in [-0.15, -0.1) is 0 Å². The molecule has 4 nitrogen and oxygen atoms in total. The highest BCUT2D eigenvalue weighted by Gasteiger charge is 2.40. The lowest BCUT2D eigenvalue weighted by molar-refractivity contribution is 0.520. The van der Waals surface area contributed by atoms with Gasteiger partial charge in [-0.1, -0.05) is 6.92 Å². The Morgan fingerprint density at radius 2 is 2.05 bits per heavy atom. The number of aromatic nitrogens is 3. The van der Waals surface area contributed by atoms with Crippen LogP contribution in [0.15, 0.2) is 24.5 Å². The van der Waals surface area contributed by atoms with Gasteiger partial charge in [0, 0.05) is 35.8 Å². The van der Waals surface area contributed by atoms with Crippen LogP contribution < -0.4 is 5.32 Å². The number of aryl methyl sites for hydroxylation is 1. The van der Waals surface area contributed by atoms with Crippen LogP contribution in [0.25, 0.3) is 11.4 Å². The third-order valence-electron chi connectivity index (χ3n) is 4.65. The predicted octanol–water partition coefficient (Wildman–Crippen LogP) is 3.76. The van der Waals surface area contributed by atoms with Gasteiger partial charge in [0.15, 0.2) is 5.82 Å². The van der Waals surface area contributed by atoms with Crippen LogP contribution in [0.1, 0.15) is 37.4 Å². The molecule has 1 N–H and O–H groups in total. The Morgan fingerprint density at radius 3 is 2.67 bits per heavy atom. The molecule has 0 unspecified atom stereocenters. The van der Waals surface area contributed by atoms with Crippen LogP contribution >= 0.6 is 0 Å². The number of hydrogen-bond acceptors (Lipinski definition) is 4. The molecule has 0 bridgehead atoms. The molecular formula is C17H22N4. The third-order valence-corrected chi connectivity index (χ3v) is 4.65. The fourth-order valence-electron chi connectivity index (χ4n) is 2.53. The van der Waals surface area contributed by atoms with Crippen molar-refractivity contribution in [1.82, 2.24) is 15.0 Å². The first-order valence-corrected chi connectivity index (χ1v) is 7.63. The molecule has 1 aliphatic rings. The van der Waals surface area contributed by atoms with Gasteiger partial charge in [-0.3, -0.25) is 4.98 Å². The molecule has 110 valence electrons. The summed E-state index contributed by atoms with van der Waals surface area (Å²) in [6, 6.07) is 3.91. The molecular weight excluding hydrogens is 260 g/mol. The number of rotatable bonds is 5. The summed E-state index contributed by atoms with van der Waals surface area (Å²) in [6.07, 6.45) is 7.47. The highest BCUT2D eigenvalue weighted by Crippen LogP contribution is 2.48. The van der Waals surface area contributed by atoms with Crippen molar-refractivity contribution in [2.45, 2.75) is 40.0 Å². The van der Waals surface area contributed by atoms with Crippen molar-refractivity contribution in [2.24, 2.45) is 5.41 Å². The molecule has 2 heterocycles. The first-order chi connectivity index (χ1) is 10.1. The zero-order chi connectivity index (χ0) is 14.9. The van der Waals surface area contributed by atoms with Gasteiger partial charge in [0.1, 0.15) is 5.82 Å². The van der Waals surface area contributed by atoms with Crippen molar-refractivity contribution < 1.29 is 0 Å². The van der Waals surface area contributed by atoms with E-state index < -0.39 is 0 Å². The molecule has 1 aliphatic carbocycles. The summed E-state index contributed by atoms with van der Waals surface area (Å²) in [6.45, 7) is 7.39. The summed E-state index contributed by atoms with van der Waals surface area (Å²) in [5.74, 6) is 1.70. The standard InChI is InChI=1S/C17H22N4/c1-4-17(7-8-17)11-19-15-12(2)13(3)20-16(21-15)14-6-5-9-18-10-14/h5-6,9-10H,4,7-8,11H2,1-3H3,(H,19,20,21). The molecule has 0 atom stereocenters. The van der Waals surface area contributed by atoms with Crippen molar-refractivity contribution in [1.29, 1.82) is 0 Å². The van der Waals surface area contributed by atoms with Crippen LogP contribution in [0.4, 0.5) is 5.82 Å². The minimum atomic E-state index is 0.500. The maximum atomic E-state index is 4.71. The number of hydrogen-bond donors (Lipinski definition) is 1. The number of nitrogens with one attached hydrogen (secondary N) is 1. The summed E-state index contributed by atoms with van der Waals surface area (Å²) >= 11 is 0. The Hall–Kier alpha value is -1.97. The van der Waals surface area contributed by atoms with Crippen LogP contribution in [-0.2, 0) is 0 Å². The molecule has 0 amide bonds. The van der Waals surface area contributed by atoms with Crippen molar-refractivity contribution in [3.05, 3.63) is 35.8 Å². The maximum absolute atomic E-state index is 4.71. The molecule has 2 aromatic rings. The van der Waals surface area contributed by atoms with Crippen LogP contribution in [0, 0.1) is 19.3 Å². The summed E-state index contributed by atoms with van der Waals surface area (Å²) < 4.78 is 0. The lowest BCUT2D eigenvalue weighted by atomic mass is 10.0. The fourth-order valence-corrected chi connectivity index (χ4v) is 2.53. The van der Waals surface area contributed by atoms with E-state index in [-0.39, 0.29) is 0 Å². The molecule has 2 aromatic heterocycles. The quantitative estimate of drug-likeness (QED) is 0.907. The molecule has 21 heavy (non-hydrogen) atoms. The highest BCUT2D eigenvalue weighted by atomic mass is 15.0. The normalized spacial score (nSPS) is 15.8. The van der Waals surface area contributed by atoms with Crippen molar-refractivity contribution in [2.75, 3.05) is 11.9 Å². The van der Waals surface area contributed by atoms with E-state index in [1.165, 1.54) is 19.3 Å². The van der Waals surface area contributed by atoms with Gasteiger partial charge in [0.05, 0.1) is 0 Å². The number of pyridine rings is 1. The van der Waals surface area contributed by atoms with Gasteiger partial charge in [-0.2, -0.15) is 0 Å². The molecule has 0 spiro atoms. The van der Waals surface area contributed by atoms with E-state index in [4.69, 9.17) is 4.98 Å². The monoisotopic (exact) mass is 282 g/mol. The second-order valence-corrected chi connectivity index (χ2v) is 6.06. The van der Waals surface area contributed by atoms with Gasteiger partial charge >= 0.3 is 0 Å². The van der Waals surface area contributed by atoms with E-state index in [9.17, 15) is 0 Å². The largest absolute Gasteiger partial charge is 0.369 e. The van der Waals surface area contributed by atoms with Gasteiger partial charge in [0.2, 0.25) is 0 Å². The van der Waals surface area contributed by atoms with Crippen LogP contribution in [0.2, 0.25) is 0 Å². The minimum Gasteiger partial charge on any atom is -0.369 e. The summed E-state index contributed by atoms with van der Waals surface area (Å²) in [4.78, 5) is 13.4. The second-order valence-electron chi connectivity index (χ2n) is 6.06. The lowest BCUT2D eigenvalue weighted by Crippen LogP contribution is -2.16. The third kappa shape index (κ3) is 2.89.